The predicted molar refractivity (Wildman–Crippen MR) is 126 cm³/mol. The number of rotatable bonds is 14. The molecule has 180 valence electrons. The van der Waals surface area contributed by atoms with Crippen molar-refractivity contribution < 1.29 is 31.4 Å². The van der Waals surface area contributed by atoms with Crippen molar-refractivity contribution in [3.63, 3.8) is 0 Å². The Labute approximate surface area is 197 Å². The molecule has 0 spiro atoms. The molecule has 0 amide bonds. The fourth-order valence-corrected chi connectivity index (χ4v) is 5.19. The van der Waals surface area contributed by atoms with Gasteiger partial charge in [0.15, 0.2) is 14.1 Å². The summed E-state index contributed by atoms with van der Waals surface area (Å²) in [7, 11) is -4.39. The van der Waals surface area contributed by atoms with Crippen molar-refractivity contribution in [2.75, 3.05) is 26.0 Å². The van der Waals surface area contributed by atoms with E-state index in [-0.39, 0.29) is 39.3 Å². The summed E-state index contributed by atoms with van der Waals surface area (Å²) in [4.78, 5) is 13.1. The standard InChI is InChI=1S/C24H31O7PS/c1-4-29-23(25)24(18-32-26,30-5-2)21(14-13-20-9-7-6-8-10-20)17-31-33(27,28)22-15-11-19(3)12-16-22/h6-12,15-16,21H,4-5,13-14,17-18H2,1-3H3. The van der Waals surface area contributed by atoms with Crippen molar-refractivity contribution in [2.45, 2.75) is 44.1 Å². The van der Waals surface area contributed by atoms with Crippen LogP contribution < -0.4 is 0 Å². The van der Waals surface area contributed by atoms with E-state index in [0.717, 1.165) is 11.1 Å². The Morgan fingerprint density at radius 3 is 2.27 bits per heavy atom. The number of carbonyl (C=O) groups excluding carboxylic acids is 1. The molecule has 2 aromatic rings. The van der Waals surface area contributed by atoms with Crippen LogP contribution in [0.5, 0.6) is 0 Å². The van der Waals surface area contributed by atoms with Crippen LogP contribution in [-0.4, -0.2) is 46.0 Å². The molecule has 2 atom stereocenters. The molecule has 0 heterocycles. The third-order valence-electron chi connectivity index (χ3n) is 5.34. The zero-order valence-corrected chi connectivity index (χ0v) is 20.9. The van der Waals surface area contributed by atoms with E-state index >= 15 is 0 Å². The van der Waals surface area contributed by atoms with Crippen molar-refractivity contribution >= 4 is 24.5 Å². The lowest BCUT2D eigenvalue weighted by Gasteiger charge is -2.36. The summed E-state index contributed by atoms with van der Waals surface area (Å²) in [5.74, 6) is -1.40. The number of esters is 1. The van der Waals surface area contributed by atoms with E-state index in [0.29, 0.717) is 12.8 Å². The number of hydrogen-bond donors (Lipinski definition) is 0. The minimum atomic E-state index is -4.07. The van der Waals surface area contributed by atoms with Gasteiger partial charge < -0.3 is 9.47 Å². The van der Waals surface area contributed by atoms with E-state index in [1.807, 2.05) is 37.3 Å². The van der Waals surface area contributed by atoms with Crippen LogP contribution in [0.2, 0.25) is 0 Å². The van der Waals surface area contributed by atoms with Gasteiger partial charge in [-0.05, 0) is 51.3 Å². The molecule has 2 aromatic carbocycles. The second-order valence-corrected chi connectivity index (χ2v) is 9.79. The van der Waals surface area contributed by atoms with Crippen LogP contribution >= 0.6 is 8.46 Å². The Morgan fingerprint density at radius 1 is 1.03 bits per heavy atom. The molecule has 0 aromatic heterocycles. The average Bonchev–Trinajstić information content (AvgIpc) is 2.80. The topological polar surface area (TPSA) is 96.0 Å². The van der Waals surface area contributed by atoms with Gasteiger partial charge in [0.05, 0.1) is 24.3 Å². The fraction of sp³-hybridized carbons (Fsp3) is 0.458. The first-order valence-electron chi connectivity index (χ1n) is 10.9. The molecule has 0 aliphatic rings. The van der Waals surface area contributed by atoms with Gasteiger partial charge in [-0.25, -0.2) is 4.79 Å². The summed E-state index contributed by atoms with van der Waals surface area (Å²) in [5.41, 5.74) is 0.325. The van der Waals surface area contributed by atoms with Gasteiger partial charge in [0.2, 0.25) is 0 Å². The smallest absolute Gasteiger partial charge is 0.339 e. The minimum absolute atomic E-state index is 0.0232. The number of hydrogen-bond acceptors (Lipinski definition) is 7. The van der Waals surface area contributed by atoms with Gasteiger partial charge in [-0.15, -0.1) is 0 Å². The highest BCUT2D eigenvalue weighted by molar-refractivity contribution is 7.86. The van der Waals surface area contributed by atoms with E-state index in [4.69, 9.17) is 13.7 Å². The molecule has 0 fully saturated rings. The van der Waals surface area contributed by atoms with Gasteiger partial charge >= 0.3 is 5.97 Å². The lowest BCUT2D eigenvalue weighted by atomic mass is 9.84. The van der Waals surface area contributed by atoms with Crippen LogP contribution in [0.3, 0.4) is 0 Å². The maximum absolute atomic E-state index is 13.0. The summed E-state index contributed by atoms with van der Waals surface area (Å²) in [6.45, 7) is 5.18. The molecule has 0 saturated carbocycles. The van der Waals surface area contributed by atoms with Crippen molar-refractivity contribution in [2.24, 2.45) is 5.92 Å². The largest absolute Gasteiger partial charge is 0.464 e. The predicted octanol–water partition coefficient (Wildman–Crippen LogP) is 4.58. The summed E-state index contributed by atoms with van der Waals surface area (Å²) < 4.78 is 53.9. The molecule has 9 heteroatoms. The number of ether oxygens (including phenoxy) is 2. The van der Waals surface area contributed by atoms with Gasteiger partial charge in [0.1, 0.15) is 0 Å². The van der Waals surface area contributed by atoms with Crippen LogP contribution in [0.15, 0.2) is 59.5 Å². The zero-order valence-electron chi connectivity index (χ0n) is 19.2. The molecule has 2 unspecified atom stereocenters. The van der Waals surface area contributed by atoms with Crippen LogP contribution in [0.1, 0.15) is 31.4 Å². The van der Waals surface area contributed by atoms with E-state index in [1.165, 1.54) is 12.1 Å². The molecule has 33 heavy (non-hydrogen) atoms. The third kappa shape index (κ3) is 7.44. The number of aryl methyl sites for hydroxylation is 2. The average molecular weight is 495 g/mol. The van der Waals surface area contributed by atoms with Crippen LogP contribution in [0.25, 0.3) is 0 Å². The zero-order chi connectivity index (χ0) is 24.3. The summed E-state index contributed by atoms with van der Waals surface area (Å²) in [5, 5.41) is 0. The molecule has 2 rings (SSSR count). The Kier molecular flexibility index (Phi) is 10.6. The molecule has 0 radical (unpaired) electrons. The van der Waals surface area contributed by atoms with Gasteiger partial charge in [0, 0.05) is 12.5 Å². The van der Waals surface area contributed by atoms with E-state index in [2.05, 4.69) is 0 Å². The Bertz CT molecular complexity index is 993. The number of benzene rings is 2. The summed E-state index contributed by atoms with van der Waals surface area (Å²) in [6, 6.07) is 15.9. The first-order chi connectivity index (χ1) is 15.8. The normalized spacial score (nSPS) is 14.5. The van der Waals surface area contributed by atoms with Crippen molar-refractivity contribution in [1.82, 2.24) is 0 Å². The van der Waals surface area contributed by atoms with Crippen molar-refractivity contribution in [3.8, 4) is 0 Å². The SMILES string of the molecule is CCOC(=O)C(CP=O)(OCC)C(CCc1ccccc1)COS(=O)(=O)c1ccc(C)cc1. The van der Waals surface area contributed by atoms with E-state index < -0.39 is 27.6 Å². The molecule has 0 bridgehead atoms. The van der Waals surface area contributed by atoms with Crippen molar-refractivity contribution in [1.29, 1.82) is 0 Å². The molecule has 0 saturated heterocycles. The maximum Gasteiger partial charge on any atom is 0.339 e. The first kappa shape index (κ1) is 27.1. The summed E-state index contributed by atoms with van der Waals surface area (Å²) in [6.07, 6.45) is 0.734. The Hall–Kier alpha value is -2.12. The second-order valence-electron chi connectivity index (χ2n) is 7.60. The monoisotopic (exact) mass is 494 g/mol. The minimum Gasteiger partial charge on any atom is -0.464 e. The Morgan fingerprint density at radius 2 is 1.70 bits per heavy atom. The van der Waals surface area contributed by atoms with E-state index in [1.54, 1.807) is 26.0 Å². The molecular formula is C24H31O7PS. The lowest BCUT2D eigenvalue weighted by molar-refractivity contribution is -0.178. The third-order valence-corrected chi connectivity index (χ3v) is 7.23. The number of carbonyl (C=O) groups is 1. The van der Waals surface area contributed by atoms with Crippen LogP contribution in [0.4, 0.5) is 0 Å². The molecular weight excluding hydrogens is 463 g/mol. The molecule has 0 aliphatic carbocycles. The first-order valence-corrected chi connectivity index (χ1v) is 13.3. The van der Waals surface area contributed by atoms with Crippen molar-refractivity contribution in [3.05, 3.63) is 65.7 Å². The molecule has 0 aliphatic heterocycles. The second kappa shape index (κ2) is 12.9. The summed E-state index contributed by atoms with van der Waals surface area (Å²) >= 11 is 0. The highest BCUT2D eigenvalue weighted by Gasteiger charge is 2.48. The maximum atomic E-state index is 13.0. The quantitative estimate of drug-likeness (QED) is 0.215. The Balaban J connectivity index is 2.37. The lowest BCUT2D eigenvalue weighted by Crippen LogP contribution is -2.53. The van der Waals surface area contributed by atoms with Crippen LogP contribution in [-0.2, 0) is 39.6 Å². The highest BCUT2D eigenvalue weighted by Crippen LogP contribution is 2.33. The van der Waals surface area contributed by atoms with Crippen LogP contribution in [0, 0.1) is 12.8 Å². The van der Waals surface area contributed by atoms with Gasteiger partial charge in [-0.2, -0.15) is 8.42 Å². The fourth-order valence-electron chi connectivity index (χ4n) is 3.57. The van der Waals surface area contributed by atoms with E-state index in [9.17, 15) is 17.8 Å². The van der Waals surface area contributed by atoms with Gasteiger partial charge in [-0.3, -0.25) is 8.75 Å². The highest BCUT2D eigenvalue weighted by atomic mass is 32.2. The molecule has 7 nitrogen and oxygen atoms in total. The molecule has 0 N–H and O–H groups in total. The van der Waals surface area contributed by atoms with Gasteiger partial charge in [0.25, 0.3) is 10.1 Å². The van der Waals surface area contributed by atoms with Gasteiger partial charge in [-0.1, -0.05) is 48.0 Å².